The van der Waals surface area contributed by atoms with Gasteiger partial charge >= 0.3 is 7.12 Å². The Bertz CT molecular complexity index is 2280. The van der Waals surface area contributed by atoms with E-state index in [-0.39, 0.29) is 15.9 Å². The van der Waals surface area contributed by atoms with Gasteiger partial charge in [-0.05, 0) is 57.7 Å². The number of nitrogens with zero attached hydrogens (tertiary/aromatic N) is 6. The zero-order valence-electron chi connectivity index (χ0n) is 26.1. The third kappa shape index (κ3) is 8.61. The van der Waals surface area contributed by atoms with Gasteiger partial charge in [0, 0.05) is 28.8 Å². The van der Waals surface area contributed by atoms with Crippen molar-refractivity contribution in [1.82, 2.24) is 29.9 Å². The summed E-state index contributed by atoms with van der Waals surface area (Å²) >= 11 is 17.4. The highest BCUT2D eigenvalue weighted by atomic mass is 35.5. The van der Waals surface area contributed by atoms with Crippen LogP contribution in [0.5, 0.6) is 0 Å². The average Bonchev–Trinajstić information content (AvgIpc) is 3.15. The van der Waals surface area contributed by atoms with E-state index in [1.807, 2.05) is 115 Å². The highest BCUT2D eigenvalue weighted by Gasteiger charge is 2.28. The van der Waals surface area contributed by atoms with E-state index in [9.17, 15) is 0 Å². The number of aromatic nitrogens is 6. The second-order valence-corrected chi connectivity index (χ2v) is 11.6. The molecule has 12 heteroatoms. The summed E-state index contributed by atoms with van der Waals surface area (Å²) in [5, 5.41) is 20.7. The summed E-state index contributed by atoms with van der Waals surface area (Å²) in [5.74, 6) is 1.64. The minimum absolute atomic E-state index is 0.101. The van der Waals surface area contributed by atoms with Crippen LogP contribution in [0.3, 0.4) is 0 Å². The zero-order valence-corrected chi connectivity index (χ0v) is 28.3. The van der Waals surface area contributed by atoms with Gasteiger partial charge in [-0.15, -0.1) is 0 Å². The van der Waals surface area contributed by atoms with Gasteiger partial charge in [0.25, 0.3) is 0 Å². The molecule has 0 amide bonds. The van der Waals surface area contributed by atoms with Crippen LogP contribution in [0.2, 0.25) is 15.9 Å². The van der Waals surface area contributed by atoms with Gasteiger partial charge in [0.15, 0.2) is 22.9 Å². The molecule has 1 aliphatic carbocycles. The Balaban J connectivity index is 0.000000138. The van der Waals surface area contributed by atoms with Gasteiger partial charge in [-0.25, -0.2) is 4.98 Å². The van der Waals surface area contributed by atoms with Crippen LogP contribution in [0.25, 0.3) is 56.5 Å². The lowest BCUT2D eigenvalue weighted by atomic mass is 9.72. The predicted molar refractivity (Wildman–Crippen MR) is 201 cm³/mol. The van der Waals surface area contributed by atoms with Gasteiger partial charge < -0.3 is 10.0 Å². The Morgan fingerprint density at radius 2 is 0.980 bits per heavy atom. The lowest BCUT2D eigenvalue weighted by Crippen LogP contribution is -2.16. The molecular formula is C38H25BCl3N6O2+. The first-order valence-electron chi connectivity index (χ1n) is 15.2. The fourth-order valence-corrected chi connectivity index (χ4v) is 5.57. The number of hydrogen-bond donors (Lipinski definition) is 2. The Morgan fingerprint density at radius 1 is 0.480 bits per heavy atom. The third-order valence-corrected chi connectivity index (χ3v) is 7.80. The van der Waals surface area contributed by atoms with Crippen molar-refractivity contribution in [1.29, 1.82) is 0 Å². The molecule has 0 unspecified atom stereocenters. The van der Waals surface area contributed by atoms with Gasteiger partial charge in [0.05, 0.1) is 17.2 Å². The molecule has 0 aliphatic heterocycles. The van der Waals surface area contributed by atoms with E-state index < -0.39 is 7.12 Å². The molecule has 5 aromatic carbocycles. The first-order valence-corrected chi connectivity index (χ1v) is 16.3. The van der Waals surface area contributed by atoms with Crippen molar-refractivity contribution < 1.29 is 10.0 Å². The number of fused-ring (bicyclic) bond motifs is 2. The average molecular weight is 715 g/mol. The second-order valence-electron chi connectivity index (χ2n) is 10.6. The van der Waals surface area contributed by atoms with Gasteiger partial charge in [-0.1, -0.05) is 109 Å². The first-order chi connectivity index (χ1) is 24.4. The summed E-state index contributed by atoms with van der Waals surface area (Å²) in [7, 11) is -1.45. The minimum Gasteiger partial charge on any atom is -0.421 e. The van der Waals surface area contributed by atoms with Gasteiger partial charge in [0.1, 0.15) is 6.08 Å². The van der Waals surface area contributed by atoms with Crippen molar-refractivity contribution in [3.05, 3.63) is 167 Å². The summed E-state index contributed by atoms with van der Waals surface area (Å²) in [4.78, 5) is 24.8. The molecule has 0 saturated carbocycles. The molecule has 2 heterocycles. The van der Waals surface area contributed by atoms with Crippen LogP contribution < -0.4 is 0 Å². The maximum absolute atomic E-state index is 9.05. The molecule has 7 aromatic rings. The molecule has 0 atom stereocenters. The van der Waals surface area contributed by atoms with E-state index in [1.54, 1.807) is 6.08 Å². The summed E-state index contributed by atoms with van der Waals surface area (Å²) in [6, 6.07) is 41.0. The maximum Gasteiger partial charge on any atom is 0.527 e. The van der Waals surface area contributed by atoms with Crippen molar-refractivity contribution in [2.45, 2.75) is 0 Å². The van der Waals surface area contributed by atoms with Crippen LogP contribution in [0.15, 0.2) is 133 Å². The monoisotopic (exact) mass is 713 g/mol. The maximum atomic E-state index is 9.05. The van der Waals surface area contributed by atoms with Crippen LogP contribution >= 0.6 is 34.8 Å². The third-order valence-electron chi connectivity index (χ3n) is 7.29. The van der Waals surface area contributed by atoms with Crippen LogP contribution in [-0.2, 0) is 0 Å². The van der Waals surface area contributed by atoms with Gasteiger partial charge in [-0.2, -0.15) is 24.9 Å². The highest BCUT2D eigenvalue weighted by molar-refractivity contribution is 6.65. The molecular weight excluding hydrogens is 690 g/mol. The predicted octanol–water partition coefficient (Wildman–Crippen LogP) is 8.77. The Labute approximate surface area is 303 Å². The van der Waals surface area contributed by atoms with Crippen LogP contribution in [-0.4, -0.2) is 47.1 Å². The molecule has 2 aromatic heterocycles. The summed E-state index contributed by atoms with van der Waals surface area (Å²) in [6.45, 7) is 0. The molecule has 8 nitrogen and oxygen atoms in total. The van der Waals surface area contributed by atoms with Crippen LogP contribution in [0.1, 0.15) is 11.1 Å². The van der Waals surface area contributed by atoms with E-state index in [0.717, 1.165) is 38.6 Å². The molecule has 0 saturated heterocycles. The summed E-state index contributed by atoms with van der Waals surface area (Å²) < 4.78 is 0. The SMILES string of the molecule is Clc1nc(-c2ccccc2)nc(-c2cccc3ccccc23)n1.Clc1nc(Cl)nc(-c2ccccc2)n1.OB(O)C1=[C+]C=Cc2ccccc21. The lowest BCUT2D eigenvalue weighted by Gasteiger charge is -2.07. The zero-order chi connectivity index (χ0) is 34.9. The number of hydrogen-bond acceptors (Lipinski definition) is 8. The number of benzene rings is 5. The minimum atomic E-state index is -1.45. The van der Waals surface area contributed by atoms with E-state index in [0.29, 0.717) is 22.9 Å². The van der Waals surface area contributed by atoms with Crippen molar-refractivity contribution in [2.75, 3.05) is 0 Å². The van der Waals surface area contributed by atoms with E-state index in [1.165, 1.54) is 0 Å². The standard InChI is InChI=1S/C19H12ClN3.C10H8BO2.C9H5Cl2N3/c20-19-22-17(14-8-2-1-3-9-14)21-18(23-19)16-12-6-10-13-7-4-5-11-15(13)16;12-11(13)10-7-3-5-8-4-1-2-6-9(8)10;10-8-12-7(13-9(11)14-8)6-4-2-1-3-5-6/h1-12H;1-6,12-13H;1-5H/q;+1;. The Hall–Kier alpha value is -5.38. The summed E-state index contributed by atoms with van der Waals surface area (Å²) in [5.41, 5.74) is 4.98. The highest BCUT2D eigenvalue weighted by Crippen LogP contribution is 2.28. The first kappa shape index (κ1) is 34.5. The van der Waals surface area contributed by atoms with Crippen molar-refractivity contribution in [3.8, 4) is 34.2 Å². The van der Waals surface area contributed by atoms with E-state index in [4.69, 9.17) is 44.9 Å². The van der Waals surface area contributed by atoms with E-state index >= 15 is 0 Å². The fraction of sp³-hybridized carbons (Fsp3) is 0. The van der Waals surface area contributed by atoms with Crippen molar-refractivity contribution in [3.63, 3.8) is 0 Å². The second kappa shape index (κ2) is 16.4. The van der Waals surface area contributed by atoms with Crippen molar-refractivity contribution >= 4 is 64.2 Å². The molecule has 0 bridgehead atoms. The normalized spacial score (nSPS) is 11.2. The topological polar surface area (TPSA) is 118 Å². The van der Waals surface area contributed by atoms with Gasteiger partial charge in [0.2, 0.25) is 15.9 Å². The molecule has 0 spiro atoms. The molecule has 0 fully saturated rings. The Morgan fingerprint density at radius 3 is 1.64 bits per heavy atom. The number of rotatable bonds is 4. The van der Waals surface area contributed by atoms with Crippen molar-refractivity contribution in [2.24, 2.45) is 0 Å². The lowest BCUT2D eigenvalue weighted by molar-refractivity contribution is 0.427. The quantitative estimate of drug-likeness (QED) is 0.137. The molecule has 1 aliphatic rings. The molecule has 50 heavy (non-hydrogen) atoms. The molecule has 8 rings (SSSR count). The smallest absolute Gasteiger partial charge is 0.421 e. The summed E-state index contributed by atoms with van der Waals surface area (Å²) in [6.07, 6.45) is 6.39. The fourth-order valence-electron chi connectivity index (χ4n) is 5.05. The molecule has 0 radical (unpaired) electrons. The van der Waals surface area contributed by atoms with Crippen LogP contribution in [0.4, 0.5) is 0 Å². The van der Waals surface area contributed by atoms with Crippen LogP contribution in [0, 0.1) is 6.08 Å². The molecule has 242 valence electrons. The number of halogens is 3. The van der Waals surface area contributed by atoms with E-state index in [2.05, 4.69) is 54.2 Å². The van der Waals surface area contributed by atoms with Gasteiger partial charge in [-0.3, -0.25) is 0 Å². The molecule has 2 N–H and O–H groups in total. The largest absolute Gasteiger partial charge is 0.527 e. The Kier molecular flexibility index (Phi) is 11.3. The number of allylic oxidation sites excluding steroid dienone is 2.